The van der Waals surface area contributed by atoms with Crippen LogP contribution in [0.25, 0.3) is 21.8 Å². The molecule has 4 aromatic rings. The number of nitrogens with zero attached hydrogens (tertiary/aromatic N) is 4. The van der Waals surface area contributed by atoms with E-state index in [9.17, 15) is 48.3 Å². The minimum absolute atomic E-state index is 0. The number of carbonyl (C=O) groups excluding carboxylic acids is 9. The van der Waals surface area contributed by atoms with Crippen LogP contribution in [0.2, 0.25) is 0 Å². The molecule has 11 atom stereocenters. The molecule has 8 aliphatic heterocycles. The topological polar surface area (TPSA) is 322 Å². The van der Waals surface area contributed by atoms with Crippen molar-refractivity contribution in [3.63, 3.8) is 0 Å². The van der Waals surface area contributed by atoms with Gasteiger partial charge in [-0.25, -0.2) is 19.6 Å². The summed E-state index contributed by atoms with van der Waals surface area (Å²) < 4.78 is 59.3. The number of ketones is 1. The van der Waals surface area contributed by atoms with Crippen LogP contribution in [0.15, 0.2) is 48.6 Å². The normalized spacial score (nSPS) is 30.1. The molecule has 16 rings (SSSR count). The zero-order chi connectivity index (χ0) is 76.0. The number of esters is 4. The summed E-state index contributed by atoms with van der Waals surface area (Å²) in [6, 6.07) is 5.17. The number of nitrogens with one attached hydrogen (secondary N) is 2. The van der Waals surface area contributed by atoms with Crippen LogP contribution in [-0.4, -0.2) is 172 Å². The fourth-order valence-electron chi connectivity index (χ4n) is 17.6. The number of aliphatic hydroxyl groups is 1. The van der Waals surface area contributed by atoms with Gasteiger partial charge in [0.15, 0.2) is 34.5 Å². The monoisotopic (exact) mass is 1520 g/mol. The number of fused-ring (bicyclic) bond motifs is 14. The summed E-state index contributed by atoms with van der Waals surface area (Å²) in [5.74, 6) is -2.85. The maximum atomic E-state index is 14.8. The molecule has 4 aliphatic carbocycles. The number of hydrogen-bond acceptors (Lipinski definition) is 22. The molecule has 110 heavy (non-hydrogen) atoms. The van der Waals surface area contributed by atoms with E-state index in [1.807, 2.05) is 42.5 Å². The molecule has 0 bridgehead atoms. The molecule has 2 saturated heterocycles. The number of Topliss-reactive ketones (excluding diaryl/α,β-unsaturated/α-hetero) is 1. The largest absolute Gasteiger partial charge is 1.00 e. The predicted octanol–water partition coefficient (Wildman–Crippen LogP) is 7.49. The Morgan fingerprint density at radius 3 is 1.51 bits per heavy atom. The molecular formula is C82H101BN6NaO20. The maximum Gasteiger partial charge on any atom is 1.00 e. The number of ether oxygens (including phenoxy) is 10. The second-order valence-corrected chi connectivity index (χ2v) is 33.7. The third-order valence-corrected chi connectivity index (χ3v) is 23.1. The van der Waals surface area contributed by atoms with E-state index in [2.05, 4.69) is 10.6 Å². The van der Waals surface area contributed by atoms with Crippen molar-refractivity contribution in [1.82, 2.24) is 30.4 Å². The van der Waals surface area contributed by atoms with Crippen LogP contribution in [0.5, 0.6) is 34.5 Å². The van der Waals surface area contributed by atoms with Crippen LogP contribution in [0, 0.1) is 23.7 Å². The smallest absolute Gasteiger partial charge is 1.00 e. The first-order valence-electron chi connectivity index (χ1n) is 39.1. The molecule has 4 amide bonds. The number of pyridine rings is 2. The SMILES string of the molecule is CCOC(=O)[C@@]12C[C@H]1/C=C\CCCCC[C@H](CC(=O)OC(C)(C)C)C(=O)N1C[C@@]3(CC(=O)c4c(c(C5CC5)nc5ccc6c(c45)OCO6)O3)C[C@H]1C(=O)N2.CCOC(=O)[C@@]12C[C@H]1/C=C\CCCCC[C@H](CC(=O)OC(C)(C)C)C(=O)N1C[C@@]3(CC(O)c4c(c(C5CC5)nc5ccc6c(c45)OCO6)O3)C[C@H]1C(=O)N2.[B].[H-].[Na+]. The van der Waals surface area contributed by atoms with Crippen LogP contribution in [0.3, 0.4) is 0 Å². The molecule has 4 saturated carbocycles. The van der Waals surface area contributed by atoms with Gasteiger partial charge in [-0.15, -0.1) is 0 Å². The minimum Gasteiger partial charge on any atom is -1.00 e. The predicted molar refractivity (Wildman–Crippen MR) is 396 cm³/mol. The van der Waals surface area contributed by atoms with Gasteiger partial charge < -0.3 is 74.3 Å². The molecule has 2 aromatic carbocycles. The number of benzene rings is 2. The van der Waals surface area contributed by atoms with Crippen molar-refractivity contribution in [2.45, 2.75) is 260 Å². The molecule has 12 aliphatic rings. The summed E-state index contributed by atoms with van der Waals surface area (Å²) in [7, 11) is 0. The second kappa shape index (κ2) is 31.2. The second-order valence-electron chi connectivity index (χ2n) is 33.7. The Morgan fingerprint density at radius 1 is 0.573 bits per heavy atom. The summed E-state index contributed by atoms with van der Waals surface area (Å²) in [6.45, 7) is 14.5. The fraction of sp³-hybridized carbons (Fsp3) is 0.622. The summed E-state index contributed by atoms with van der Waals surface area (Å²) in [5.41, 5.74) is -2.74. The van der Waals surface area contributed by atoms with E-state index >= 15 is 0 Å². The van der Waals surface area contributed by atoms with E-state index in [-0.39, 0.29) is 159 Å². The number of aliphatic hydroxyl groups excluding tert-OH is 1. The van der Waals surface area contributed by atoms with Gasteiger partial charge in [0.25, 0.3) is 0 Å². The van der Waals surface area contributed by atoms with Gasteiger partial charge in [0.1, 0.15) is 51.3 Å². The van der Waals surface area contributed by atoms with Crippen LogP contribution in [0.4, 0.5) is 0 Å². The molecule has 3 N–H and O–H groups in total. The maximum absolute atomic E-state index is 14.8. The zero-order valence-electron chi connectivity index (χ0n) is 65.7. The van der Waals surface area contributed by atoms with E-state index in [0.717, 1.165) is 69.9 Å². The van der Waals surface area contributed by atoms with Gasteiger partial charge in [-0.1, -0.05) is 50.0 Å². The third kappa shape index (κ3) is 15.9. The molecule has 1 unspecified atom stereocenters. The number of amides is 4. The Kier molecular flexibility index (Phi) is 22.7. The Bertz CT molecular complexity index is 4420. The van der Waals surface area contributed by atoms with Crippen molar-refractivity contribution in [3.8, 4) is 34.5 Å². The van der Waals surface area contributed by atoms with Crippen LogP contribution >= 0.6 is 0 Å². The Hall–Kier alpha value is -8.01. The molecular weight excluding hydrogens is 1420 g/mol. The number of hydrogen-bond donors (Lipinski definition) is 3. The van der Waals surface area contributed by atoms with Crippen molar-refractivity contribution in [2.24, 2.45) is 23.7 Å². The van der Waals surface area contributed by atoms with E-state index < -0.39 is 99.2 Å². The van der Waals surface area contributed by atoms with Crippen LogP contribution in [0.1, 0.15) is 243 Å². The number of allylic oxidation sites excluding steroid dienone is 2. The van der Waals surface area contributed by atoms with Crippen LogP contribution < -0.4 is 68.6 Å². The number of rotatable bonds is 10. The van der Waals surface area contributed by atoms with E-state index in [1.165, 1.54) is 9.80 Å². The molecule has 2 aromatic heterocycles. The zero-order valence-corrected chi connectivity index (χ0v) is 66.7. The van der Waals surface area contributed by atoms with Crippen molar-refractivity contribution >= 4 is 83.5 Å². The third-order valence-electron chi connectivity index (χ3n) is 23.1. The summed E-state index contributed by atoms with van der Waals surface area (Å²) in [5, 5.41) is 19.3. The van der Waals surface area contributed by atoms with Gasteiger partial charge in [-0.05, 0) is 157 Å². The van der Waals surface area contributed by atoms with Gasteiger partial charge in [0.2, 0.25) is 37.2 Å². The molecule has 583 valence electrons. The van der Waals surface area contributed by atoms with Gasteiger partial charge in [-0.3, -0.25) is 33.6 Å². The summed E-state index contributed by atoms with van der Waals surface area (Å²) >= 11 is 0. The van der Waals surface area contributed by atoms with Crippen LogP contribution in [-0.2, 0) is 57.3 Å². The van der Waals surface area contributed by atoms with Crippen molar-refractivity contribution in [3.05, 3.63) is 71.1 Å². The summed E-state index contributed by atoms with van der Waals surface area (Å²) in [6.07, 6.45) is 18.5. The Balaban J connectivity index is 0.000000201. The van der Waals surface area contributed by atoms with E-state index in [0.29, 0.717) is 112 Å². The average Bonchev–Trinajstić information content (AvgIpc) is 1.38. The molecule has 28 heteroatoms. The molecule has 2 spiro atoms. The first-order chi connectivity index (χ1) is 51.6. The first-order valence-corrected chi connectivity index (χ1v) is 39.1. The Morgan fingerprint density at radius 2 is 1.03 bits per heavy atom. The molecule has 10 heterocycles. The van der Waals surface area contributed by atoms with Gasteiger partial charge in [0.05, 0.1) is 90.4 Å². The van der Waals surface area contributed by atoms with Crippen molar-refractivity contribution in [1.29, 1.82) is 0 Å². The van der Waals surface area contributed by atoms with Gasteiger partial charge >= 0.3 is 53.4 Å². The van der Waals surface area contributed by atoms with Gasteiger partial charge in [-0.2, -0.15) is 0 Å². The standard InChI is InChI=1S/C41H51N3O10.C41H49N3O10.B.Na.H/c2*1-5-50-38(49)41-18-25(41)12-10-8-6-7-9-11-24(17-30(46)53-39(2,3)4)37(48)44-21-40(19-27(44)36(47)43-41)20-28(45)32-31-26(15-16-29-34(31)52-22-51-29)42-33(23-13-14-23)35(32)54-40;;;/h10,12,15-16,23-25,27-28,45H,5-9,11,13-14,17-22H2,1-4H3,(H,43,47);10,12,15-16,23-25,27H,5-9,11,13-14,17-22H2,1-4H3,(H,43,47);;;/q;;;+1;-1/b2*12-10-;;;/t24-,25-,27+,28?,40+,41-;24-,25-,27+,40+,41-;;;/m11.../s1. The molecule has 3 radical (unpaired) electrons. The summed E-state index contributed by atoms with van der Waals surface area (Å²) in [4.78, 5) is 140. The average molecular weight is 1520 g/mol. The minimum atomic E-state index is -1.27. The van der Waals surface area contributed by atoms with Crippen molar-refractivity contribution < 1.29 is 127 Å². The number of carbonyl (C=O) groups is 9. The fourth-order valence-corrected chi connectivity index (χ4v) is 17.6. The number of aromatic nitrogens is 2. The van der Waals surface area contributed by atoms with Crippen molar-refractivity contribution in [2.75, 3.05) is 39.9 Å². The molecule has 26 nitrogen and oxygen atoms in total. The molecule has 6 fully saturated rings. The van der Waals surface area contributed by atoms with E-state index in [4.69, 9.17) is 57.3 Å². The Labute approximate surface area is 665 Å². The quantitative estimate of drug-likeness (QED) is 0.0599. The first kappa shape index (κ1) is 80.1. The van der Waals surface area contributed by atoms with Gasteiger partial charge in [0, 0.05) is 68.7 Å². The van der Waals surface area contributed by atoms with E-state index in [1.54, 1.807) is 61.5 Å².